The molecule has 0 spiro atoms. The Hall–Kier alpha value is -1.94. The van der Waals surface area contributed by atoms with Crippen LogP contribution in [0.5, 0.6) is 0 Å². The molecule has 0 saturated carbocycles. The lowest BCUT2D eigenvalue weighted by atomic mass is 10.0. The summed E-state index contributed by atoms with van der Waals surface area (Å²) in [7, 11) is -9.92. The number of phosphoric acid groups is 2. The summed E-state index contributed by atoms with van der Waals surface area (Å²) in [4.78, 5) is 73.0. The molecule has 5 atom stereocenters. The standard InChI is InChI=1S/C80H156O17P2/c1-5-9-13-17-21-25-29-33-35-37-39-43-47-51-55-59-63-67-80(85)97-76(71-91-78(83)65-61-57-53-49-45-42-38-36-34-30-26-22-18-14-10-6-2)73-95-99(88,89)93-69-74(81)68-92-98(86,87)94-72-75(96-79(84)66-62-58-54-50-46-41-32-28-24-20-16-12-8-4)70-90-77(82)64-60-56-52-48-44-40-31-27-23-19-15-11-7-3/h74-76,81H,5-73H2,1-4H3,(H,86,87)(H,88,89)/t74-,75+,76+/m0/s1. The second kappa shape index (κ2) is 74.3. The largest absolute Gasteiger partial charge is 0.472 e. The molecule has 19 heteroatoms. The summed E-state index contributed by atoms with van der Waals surface area (Å²) in [5.41, 5.74) is 0. The van der Waals surface area contributed by atoms with Crippen molar-refractivity contribution >= 4 is 39.5 Å². The molecule has 0 aliphatic rings. The van der Waals surface area contributed by atoms with Gasteiger partial charge in [0.15, 0.2) is 12.2 Å². The van der Waals surface area contributed by atoms with E-state index in [0.29, 0.717) is 25.7 Å². The number of hydrogen-bond donors (Lipinski definition) is 3. The minimum atomic E-state index is -4.96. The predicted octanol–water partition coefficient (Wildman–Crippen LogP) is 24.2. The summed E-state index contributed by atoms with van der Waals surface area (Å²) < 4.78 is 68.7. The van der Waals surface area contributed by atoms with E-state index in [1.54, 1.807) is 0 Å². The Morgan fingerprint density at radius 1 is 0.242 bits per heavy atom. The lowest BCUT2D eigenvalue weighted by Crippen LogP contribution is -2.30. The minimum absolute atomic E-state index is 0.109. The Kier molecular flexibility index (Phi) is 72.9. The molecule has 0 radical (unpaired) electrons. The Morgan fingerprint density at radius 3 is 0.596 bits per heavy atom. The van der Waals surface area contributed by atoms with Gasteiger partial charge in [-0.2, -0.15) is 0 Å². The first-order valence-corrected chi connectivity index (χ1v) is 44.8. The number of aliphatic hydroxyl groups excluding tert-OH is 1. The van der Waals surface area contributed by atoms with Crippen LogP contribution in [-0.4, -0.2) is 96.7 Å². The third-order valence-corrected chi connectivity index (χ3v) is 20.8. The van der Waals surface area contributed by atoms with Gasteiger partial charge in [-0.05, 0) is 25.7 Å². The van der Waals surface area contributed by atoms with Crippen molar-refractivity contribution in [3.05, 3.63) is 0 Å². The highest BCUT2D eigenvalue weighted by Crippen LogP contribution is 2.45. The minimum Gasteiger partial charge on any atom is -0.462 e. The average Bonchev–Trinajstić information content (AvgIpc) is 1.05. The Bertz CT molecular complexity index is 1880. The van der Waals surface area contributed by atoms with E-state index in [1.807, 2.05) is 0 Å². The van der Waals surface area contributed by atoms with E-state index in [9.17, 15) is 43.2 Å². The van der Waals surface area contributed by atoms with Gasteiger partial charge in [0.1, 0.15) is 19.3 Å². The van der Waals surface area contributed by atoms with Crippen LogP contribution in [0.2, 0.25) is 0 Å². The first-order chi connectivity index (χ1) is 48.2. The zero-order valence-corrected chi connectivity index (χ0v) is 66.3. The van der Waals surface area contributed by atoms with E-state index in [-0.39, 0.29) is 25.7 Å². The third kappa shape index (κ3) is 74.1. The topological polar surface area (TPSA) is 237 Å². The Morgan fingerprint density at radius 2 is 0.404 bits per heavy atom. The van der Waals surface area contributed by atoms with Crippen molar-refractivity contribution in [3.63, 3.8) is 0 Å². The molecule has 3 N–H and O–H groups in total. The molecular weight excluding hydrogens is 1290 g/mol. The number of aliphatic hydroxyl groups is 1. The smallest absolute Gasteiger partial charge is 0.462 e. The first-order valence-electron chi connectivity index (χ1n) is 41.8. The van der Waals surface area contributed by atoms with Crippen LogP contribution >= 0.6 is 15.6 Å². The summed E-state index contributed by atoms with van der Waals surface area (Å²) in [5, 5.41) is 10.6. The highest BCUT2D eigenvalue weighted by Gasteiger charge is 2.30. The van der Waals surface area contributed by atoms with Gasteiger partial charge in [-0.3, -0.25) is 37.3 Å². The fourth-order valence-corrected chi connectivity index (χ4v) is 14.0. The highest BCUT2D eigenvalue weighted by molar-refractivity contribution is 7.47. The molecule has 0 fully saturated rings. The van der Waals surface area contributed by atoms with E-state index in [2.05, 4.69) is 27.7 Å². The van der Waals surface area contributed by atoms with E-state index in [0.717, 1.165) is 89.9 Å². The monoisotopic (exact) mass is 1450 g/mol. The van der Waals surface area contributed by atoms with Crippen LogP contribution < -0.4 is 0 Å². The molecule has 0 aromatic rings. The van der Waals surface area contributed by atoms with E-state index < -0.39 is 97.5 Å². The molecule has 0 aromatic carbocycles. The number of ether oxygens (including phenoxy) is 4. The van der Waals surface area contributed by atoms with Crippen LogP contribution in [0.15, 0.2) is 0 Å². The summed E-state index contributed by atoms with van der Waals surface area (Å²) in [6.07, 6.45) is 66.4. The molecule has 0 aromatic heterocycles. The second-order valence-corrected chi connectivity index (χ2v) is 31.7. The van der Waals surface area contributed by atoms with Crippen LogP contribution in [0.25, 0.3) is 0 Å². The summed E-state index contributed by atoms with van der Waals surface area (Å²) in [6.45, 7) is 5.03. The van der Waals surface area contributed by atoms with Crippen LogP contribution in [0.4, 0.5) is 0 Å². The number of carbonyl (C=O) groups is 4. The average molecular weight is 1450 g/mol. The lowest BCUT2D eigenvalue weighted by Gasteiger charge is -2.21. The van der Waals surface area contributed by atoms with Gasteiger partial charge in [-0.15, -0.1) is 0 Å². The van der Waals surface area contributed by atoms with Gasteiger partial charge in [0.2, 0.25) is 0 Å². The van der Waals surface area contributed by atoms with Gasteiger partial charge < -0.3 is 33.8 Å². The van der Waals surface area contributed by atoms with Gasteiger partial charge >= 0.3 is 39.5 Å². The maximum atomic E-state index is 13.1. The molecular formula is C80H156O17P2. The lowest BCUT2D eigenvalue weighted by molar-refractivity contribution is -0.161. The SMILES string of the molecule is CCCCCCCCCCCCCCCCCCCC(=O)O[C@H](COC(=O)CCCCCCCCCCCCCCCCCC)COP(=O)(O)OC[C@@H](O)COP(=O)(O)OC[C@@H](COC(=O)CCCCCCCCCCCCCCC)OC(=O)CCCCCCCCCCCCCCC. The third-order valence-electron chi connectivity index (χ3n) is 18.9. The molecule has 2 unspecified atom stereocenters. The van der Waals surface area contributed by atoms with Crippen molar-refractivity contribution in [2.45, 2.75) is 451 Å². The van der Waals surface area contributed by atoms with Gasteiger partial charge in [0.05, 0.1) is 26.4 Å². The van der Waals surface area contributed by atoms with Gasteiger partial charge in [-0.1, -0.05) is 381 Å². The van der Waals surface area contributed by atoms with Crippen molar-refractivity contribution in [3.8, 4) is 0 Å². The quantitative estimate of drug-likeness (QED) is 0.0222. The zero-order chi connectivity index (χ0) is 72.5. The number of unbranched alkanes of at least 4 members (excludes halogenated alkanes) is 55. The van der Waals surface area contributed by atoms with E-state index >= 15 is 0 Å². The molecule has 588 valence electrons. The fraction of sp³-hybridized carbons (Fsp3) is 0.950. The summed E-state index contributed by atoms with van der Waals surface area (Å²) >= 11 is 0. The van der Waals surface area contributed by atoms with Crippen molar-refractivity contribution in [1.29, 1.82) is 0 Å². The van der Waals surface area contributed by atoms with Crippen molar-refractivity contribution in [2.75, 3.05) is 39.6 Å². The second-order valence-electron chi connectivity index (χ2n) is 28.8. The molecule has 17 nitrogen and oxygen atoms in total. The van der Waals surface area contributed by atoms with Crippen LogP contribution in [0.3, 0.4) is 0 Å². The number of esters is 4. The maximum Gasteiger partial charge on any atom is 0.472 e. The Labute approximate surface area is 607 Å². The maximum absolute atomic E-state index is 13.1. The highest BCUT2D eigenvalue weighted by atomic mass is 31.2. The van der Waals surface area contributed by atoms with Crippen LogP contribution in [0.1, 0.15) is 432 Å². The molecule has 0 saturated heterocycles. The number of hydrogen-bond acceptors (Lipinski definition) is 15. The van der Waals surface area contributed by atoms with Crippen molar-refractivity contribution in [2.24, 2.45) is 0 Å². The summed E-state index contributed by atoms with van der Waals surface area (Å²) in [6, 6.07) is 0. The van der Waals surface area contributed by atoms with Gasteiger partial charge in [-0.25, -0.2) is 9.13 Å². The number of phosphoric ester groups is 2. The van der Waals surface area contributed by atoms with Gasteiger partial charge in [0.25, 0.3) is 0 Å². The fourth-order valence-electron chi connectivity index (χ4n) is 12.5. The normalized spacial score (nSPS) is 13.8. The van der Waals surface area contributed by atoms with Gasteiger partial charge in [0, 0.05) is 25.7 Å². The molecule has 0 rings (SSSR count). The molecule has 0 aliphatic heterocycles. The van der Waals surface area contributed by atoms with E-state index in [4.69, 9.17) is 37.0 Å². The van der Waals surface area contributed by atoms with Crippen molar-refractivity contribution in [1.82, 2.24) is 0 Å². The van der Waals surface area contributed by atoms with Crippen molar-refractivity contribution < 1.29 is 80.2 Å². The van der Waals surface area contributed by atoms with E-state index in [1.165, 1.54) is 263 Å². The predicted molar refractivity (Wildman–Crippen MR) is 405 cm³/mol. The van der Waals surface area contributed by atoms with Crippen LogP contribution in [-0.2, 0) is 65.4 Å². The molecule has 0 heterocycles. The molecule has 0 bridgehead atoms. The zero-order valence-electron chi connectivity index (χ0n) is 64.5. The number of rotatable bonds is 81. The molecule has 0 aliphatic carbocycles. The first kappa shape index (κ1) is 97.1. The molecule has 0 amide bonds. The summed E-state index contributed by atoms with van der Waals surface area (Å²) in [5.74, 6) is -2.10. The molecule has 99 heavy (non-hydrogen) atoms. The van der Waals surface area contributed by atoms with Crippen LogP contribution in [0, 0.1) is 0 Å². The Balaban J connectivity index is 5.26. The number of carbonyl (C=O) groups excluding carboxylic acids is 4.